The second-order valence-corrected chi connectivity index (χ2v) is 7.46. The van der Waals surface area contributed by atoms with E-state index < -0.39 is 0 Å². The summed E-state index contributed by atoms with van der Waals surface area (Å²) in [6, 6.07) is 23.7. The molecule has 3 nitrogen and oxygen atoms in total. The third-order valence-corrected chi connectivity index (χ3v) is 5.13. The maximum atomic E-state index is 3.58. The Morgan fingerprint density at radius 1 is 0.815 bits per heavy atom. The van der Waals surface area contributed by atoms with Crippen molar-refractivity contribution in [3.05, 3.63) is 77.9 Å². The molecule has 3 heteroatoms. The molecule has 0 saturated carbocycles. The fraction of sp³-hybridized carbons (Fsp3) is 0.250. The molecule has 0 aliphatic heterocycles. The van der Waals surface area contributed by atoms with Crippen molar-refractivity contribution in [1.82, 2.24) is 9.88 Å². The highest BCUT2D eigenvalue weighted by molar-refractivity contribution is 6.07. The quantitative estimate of drug-likeness (QED) is 0.462. The minimum absolute atomic E-state index is 0.840. The number of anilines is 1. The molecule has 0 spiro atoms. The maximum Gasteiger partial charge on any atom is 0.0468 e. The third-order valence-electron chi connectivity index (χ3n) is 5.13. The van der Waals surface area contributed by atoms with Crippen LogP contribution >= 0.6 is 0 Å². The van der Waals surface area contributed by atoms with Crippen molar-refractivity contribution < 1.29 is 0 Å². The Morgan fingerprint density at radius 2 is 1.59 bits per heavy atom. The average molecular weight is 358 g/mol. The van der Waals surface area contributed by atoms with Gasteiger partial charge in [0.15, 0.2) is 0 Å². The Labute approximate surface area is 161 Å². The molecular formula is C24H27N3. The van der Waals surface area contributed by atoms with Gasteiger partial charge in [0.1, 0.15) is 0 Å². The summed E-state index contributed by atoms with van der Waals surface area (Å²) in [4.78, 5) is 5.84. The second-order valence-electron chi connectivity index (χ2n) is 7.46. The summed E-state index contributed by atoms with van der Waals surface area (Å²) in [6.45, 7) is 1.95. The number of para-hydroxylation sites is 2. The first-order valence-corrected chi connectivity index (χ1v) is 9.66. The van der Waals surface area contributed by atoms with Gasteiger partial charge in [-0.05, 0) is 74.9 Å². The number of hydrogen-bond donors (Lipinski definition) is 2. The van der Waals surface area contributed by atoms with Gasteiger partial charge >= 0.3 is 0 Å². The molecule has 0 bridgehead atoms. The average Bonchev–Trinajstić information content (AvgIpc) is 3.04. The number of rotatable bonds is 7. The van der Waals surface area contributed by atoms with E-state index in [4.69, 9.17) is 0 Å². The van der Waals surface area contributed by atoms with Crippen LogP contribution in [-0.4, -0.2) is 30.5 Å². The standard InChI is InChI=1S/C24H27N3/c1-27(2)14-8-9-18-15-22-21-12-6-7-13-23(21)26-24(22)16-19(18)17-25-20-10-4-3-5-11-20/h3-7,10-13,15-16,25-26H,8-9,14,17H2,1-2H3. The van der Waals surface area contributed by atoms with Crippen LogP contribution in [-0.2, 0) is 13.0 Å². The molecule has 1 aromatic heterocycles. The lowest BCUT2D eigenvalue weighted by molar-refractivity contribution is 0.400. The third kappa shape index (κ3) is 3.99. The van der Waals surface area contributed by atoms with Gasteiger partial charge in [0.2, 0.25) is 0 Å². The van der Waals surface area contributed by atoms with Crippen molar-refractivity contribution in [3.63, 3.8) is 0 Å². The normalized spacial score (nSPS) is 11.5. The zero-order valence-electron chi connectivity index (χ0n) is 16.1. The highest BCUT2D eigenvalue weighted by Crippen LogP contribution is 2.29. The van der Waals surface area contributed by atoms with E-state index in [1.165, 1.54) is 39.4 Å². The van der Waals surface area contributed by atoms with E-state index in [1.807, 2.05) is 6.07 Å². The summed E-state index contributed by atoms with van der Waals surface area (Å²) in [5.74, 6) is 0. The van der Waals surface area contributed by atoms with E-state index in [2.05, 4.69) is 90.0 Å². The summed E-state index contributed by atoms with van der Waals surface area (Å²) in [5, 5.41) is 6.21. The van der Waals surface area contributed by atoms with Gasteiger partial charge in [0, 0.05) is 34.0 Å². The van der Waals surface area contributed by atoms with Crippen LogP contribution in [0.15, 0.2) is 66.7 Å². The van der Waals surface area contributed by atoms with Gasteiger partial charge in [-0.2, -0.15) is 0 Å². The first-order valence-electron chi connectivity index (χ1n) is 9.66. The van der Waals surface area contributed by atoms with Crippen LogP contribution in [0.4, 0.5) is 5.69 Å². The Morgan fingerprint density at radius 3 is 2.41 bits per heavy atom. The van der Waals surface area contributed by atoms with Crippen LogP contribution in [0.2, 0.25) is 0 Å². The largest absolute Gasteiger partial charge is 0.381 e. The summed E-state index contributed by atoms with van der Waals surface area (Å²) < 4.78 is 0. The highest BCUT2D eigenvalue weighted by Gasteiger charge is 2.10. The van der Waals surface area contributed by atoms with Crippen LogP contribution in [0.1, 0.15) is 17.5 Å². The molecule has 4 aromatic rings. The lowest BCUT2D eigenvalue weighted by Crippen LogP contribution is -2.14. The van der Waals surface area contributed by atoms with E-state index >= 15 is 0 Å². The molecule has 27 heavy (non-hydrogen) atoms. The van der Waals surface area contributed by atoms with Crippen molar-refractivity contribution in [1.29, 1.82) is 0 Å². The first-order chi connectivity index (χ1) is 13.2. The van der Waals surface area contributed by atoms with Crippen molar-refractivity contribution in [3.8, 4) is 0 Å². The topological polar surface area (TPSA) is 31.1 Å². The Hall–Kier alpha value is -2.78. The molecule has 2 N–H and O–H groups in total. The molecule has 138 valence electrons. The predicted octanol–water partition coefficient (Wildman–Crippen LogP) is 5.43. The summed E-state index contributed by atoms with van der Waals surface area (Å²) in [5.41, 5.74) is 6.40. The SMILES string of the molecule is CN(C)CCCc1cc2c(cc1CNc1ccccc1)[nH]c1ccccc12. The molecule has 3 aromatic carbocycles. The molecule has 0 amide bonds. The van der Waals surface area contributed by atoms with Gasteiger partial charge in [-0.15, -0.1) is 0 Å². The molecule has 0 aliphatic rings. The smallest absolute Gasteiger partial charge is 0.0468 e. The van der Waals surface area contributed by atoms with Gasteiger partial charge in [-0.3, -0.25) is 0 Å². The summed E-state index contributed by atoms with van der Waals surface area (Å²) in [7, 11) is 4.28. The Kier molecular flexibility index (Phi) is 5.12. The fourth-order valence-electron chi connectivity index (χ4n) is 3.72. The summed E-state index contributed by atoms with van der Waals surface area (Å²) in [6.07, 6.45) is 2.26. The van der Waals surface area contributed by atoms with Crippen molar-refractivity contribution >= 4 is 27.5 Å². The number of aryl methyl sites for hydroxylation is 1. The lowest BCUT2D eigenvalue weighted by atomic mass is 9.99. The second kappa shape index (κ2) is 7.85. The van der Waals surface area contributed by atoms with E-state index in [1.54, 1.807) is 0 Å². The molecule has 0 atom stereocenters. The van der Waals surface area contributed by atoms with Gasteiger partial charge in [-0.1, -0.05) is 36.4 Å². The van der Waals surface area contributed by atoms with E-state index in [0.29, 0.717) is 0 Å². The molecule has 0 radical (unpaired) electrons. The van der Waals surface area contributed by atoms with Crippen molar-refractivity contribution in [2.24, 2.45) is 0 Å². The lowest BCUT2D eigenvalue weighted by Gasteiger charge is -2.14. The minimum Gasteiger partial charge on any atom is -0.381 e. The van der Waals surface area contributed by atoms with E-state index in [0.717, 1.165) is 25.2 Å². The number of aromatic nitrogens is 1. The molecule has 0 aliphatic carbocycles. The zero-order valence-corrected chi connectivity index (χ0v) is 16.1. The predicted molar refractivity (Wildman–Crippen MR) is 116 cm³/mol. The van der Waals surface area contributed by atoms with Crippen LogP contribution in [0.3, 0.4) is 0 Å². The minimum atomic E-state index is 0.840. The van der Waals surface area contributed by atoms with Crippen molar-refractivity contribution in [2.75, 3.05) is 26.0 Å². The van der Waals surface area contributed by atoms with Gasteiger partial charge in [0.25, 0.3) is 0 Å². The Bertz CT molecular complexity index is 1030. The summed E-state index contributed by atoms with van der Waals surface area (Å²) >= 11 is 0. The Balaban J connectivity index is 1.68. The van der Waals surface area contributed by atoms with Gasteiger partial charge in [-0.25, -0.2) is 0 Å². The monoisotopic (exact) mass is 357 g/mol. The van der Waals surface area contributed by atoms with Crippen LogP contribution in [0, 0.1) is 0 Å². The number of H-pyrrole nitrogens is 1. The molecular weight excluding hydrogens is 330 g/mol. The molecule has 4 rings (SSSR count). The number of nitrogens with one attached hydrogen (secondary N) is 2. The molecule has 0 unspecified atom stereocenters. The van der Waals surface area contributed by atoms with Gasteiger partial charge < -0.3 is 15.2 Å². The highest BCUT2D eigenvalue weighted by atomic mass is 15.0. The van der Waals surface area contributed by atoms with Crippen molar-refractivity contribution in [2.45, 2.75) is 19.4 Å². The number of aromatic amines is 1. The van der Waals surface area contributed by atoms with Crippen LogP contribution in [0.5, 0.6) is 0 Å². The number of nitrogens with zero attached hydrogens (tertiary/aromatic N) is 1. The number of fused-ring (bicyclic) bond motifs is 3. The van der Waals surface area contributed by atoms with E-state index in [9.17, 15) is 0 Å². The van der Waals surface area contributed by atoms with E-state index in [-0.39, 0.29) is 0 Å². The molecule has 0 saturated heterocycles. The zero-order chi connectivity index (χ0) is 18.6. The molecule has 1 heterocycles. The fourth-order valence-corrected chi connectivity index (χ4v) is 3.72. The molecule has 0 fully saturated rings. The number of hydrogen-bond acceptors (Lipinski definition) is 2. The number of benzene rings is 3. The first kappa shape index (κ1) is 17.6. The van der Waals surface area contributed by atoms with Gasteiger partial charge in [0.05, 0.1) is 0 Å². The van der Waals surface area contributed by atoms with Crippen LogP contribution < -0.4 is 5.32 Å². The van der Waals surface area contributed by atoms with Crippen LogP contribution in [0.25, 0.3) is 21.8 Å². The maximum absolute atomic E-state index is 3.58.